The fraction of sp³-hybridized carbons (Fsp3) is 0.600. The summed E-state index contributed by atoms with van der Waals surface area (Å²) in [4.78, 5) is 13.3. The molecule has 2 aliphatic rings. The first-order chi connectivity index (χ1) is 31.2. The van der Waals surface area contributed by atoms with E-state index in [0.29, 0.717) is 29.4 Å². The van der Waals surface area contributed by atoms with Crippen molar-refractivity contribution in [2.45, 2.75) is 229 Å². The first kappa shape index (κ1) is 61.0. The van der Waals surface area contributed by atoms with Gasteiger partial charge in [-0.15, -0.1) is 0 Å². The predicted molar refractivity (Wildman–Crippen MR) is 290 cm³/mol. The number of hydrogen-bond acceptors (Lipinski definition) is 8. The summed E-state index contributed by atoms with van der Waals surface area (Å²) in [6.45, 7) is 54.0. The maximum absolute atomic E-state index is 14.1. The number of phosphoric acid groups is 2. The van der Waals surface area contributed by atoms with Crippen LogP contribution in [-0.4, -0.2) is 7.11 Å². The third-order valence-corrected chi connectivity index (χ3v) is 15.7. The van der Waals surface area contributed by atoms with Crippen molar-refractivity contribution in [1.29, 1.82) is 0 Å². The fourth-order valence-corrected chi connectivity index (χ4v) is 10.9. The Morgan fingerprint density at radius 1 is 0.423 bits per heavy atom. The minimum atomic E-state index is -4.68. The van der Waals surface area contributed by atoms with Crippen molar-refractivity contribution in [2.75, 3.05) is 7.11 Å². The van der Waals surface area contributed by atoms with Crippen LogP contribution in [0.1, 0.15) is 246 Å². The Kier molecular flexibility index (Phi) is 17.1. The summed E-state index contributed by atoms with van der Waals surface area (Å²) >= 11 is 0. The number of benzene rings is 4. The van der Waals surface area contributed by atoms with Gasteiger partial charge in [-0.2, -0.15) is 0 Å². The van der Waals surface area contributed by atoms with Crippen LogP contribution >= 0.6 is 15.6 Å². The second kappa shape index (κ2) is 19.9. The van der Waals surface area contributed by atoms with Crippen molar-refractivity contribution in [3.63, 3.8) is 0 Å². The van der Waals surface area contributed by atoms with Gasteiger partial charge in [0.05, 0.1) is 0 Å². The third kappa shape index (κ3) is 13.9. The van der Waals surface area contributed by atoms with Crippen LogP contribution in [0, 0.1) is 0 Å². The molecule has 6 rings (SSSR count). The van der Waals surface area contributed by atoms with Gasteiger partial charge in [-0.05, 0) is 76.7 Å². The molecule has 0 saturated heterocycles. The van der Waals surface area contributed by atoms with Crippen LogP contribution < -0.4 is 52.5 Å². The molecule has 0 aromatic heterocycles. The van der Waals surface area contributed by atoms with Crippen LogP contribution in [0.4, 0.5) is 0 Å². The standard InChI is InChI=1S/C31H47O4P.C29H43O4P.Na/c1-19-22-15-20(28(2,3)4)17-24(30(8,9)10)26(22)34-36(32,33-14)35-27-23(19)16-21(29(5,6)7)18-25(27)31(11,12)13;1-26(2,3)20-14-18-13-19-15-21(27(4,5)6)17-23(29(10,11)12)25(19)33-34(30,31)32-24(18)22(16-20)28(7,8)9;/h15-19H,1-14H3;14-17H,13H2,1-12H3,(H,30,31);/q;;+1/p-1. The van der Waals surface area contributed by atoms with Gasteiger partial charge in [0.25, 0.3) is 0 Å². The molecule has 0 aliphatic carbocycles. The van der Waals surface area contributed by atoms with Gasteiger partial charge in [0, 0.05) is 52.8 Å². The summed E-state index contributed by atoms with van der Waals surface area (Å²) in [7, 11) is -7.24. The molecule has 4 aromatic carbocycles. The van der Waals surface area contributed by atoms with Gasteiger partial charge in [0.2, 0.25) is 0 Å². The van der Waals surface area contributed by atoms with Crippen LogP contribution in [0.15, 0.2) is 48.5 Å². The molecular formula is C60H89NaO8P2. The monoisotopic (exact) mass is 1020 g/mol. The summed E-state index contributed by atoms with van der Waals surface area (Å²) in [6.07, 6.45) is 0.532. The minimum Gasteiger partial charge on any atom is -0.736 e. The minimum absolute atomic E-state index is 0. The van der Waals surface area contributed by atoms with E-state index < -0.39 is 15.6 Å². The molecule has 0 bridgehead atoms. The van der Waals surface area contributed by atoms with E-state index in [4.69, 9.17) is 22.6 Å². The summed E-state index contributed by atoms with van der Waals surface area (Å²) in [6, 6.07) is 17.2. The van der Waals surface area contributed by atoms with E-state index in [9.17, 15) is 14.0 Å². The number of fused-ring (bicyclic) bond motifs is 4. The molecule has 2 aliphatic heterocycles. The summed E-state index contributed by atoms with van der Waals surface area (Å²) < 4.78 is 56.9. The average molecular weight is 1020 g/mol. The van der Waals surface area contributed by atoms with Crippen LogP contribution in [0.5, 0.6) is 23.0 Å². The second-order valence-corrected chi connectivity index (χ2v) is 31.1. The first-order valence-electron chi connectivity index (χ1n) is 25.2. The van der Waals surface area contributed by atoms with Gasteiger partial charge in [-0.25, -0.2) is 9.13 Å². The molecule has 71 heavy (non-hydrogen) atoms. The molecule has 2 heterocycles. The summed E-state index contributed by atoms with van der Waals surface area (Å²) in [5.74, 6) is 1.98. The molecule has 0 N–H and O–H groups in total. The maximum Gasteiger partial charge on any atom is 1.00 e. The Morgan fingerprint density at radius 2 is 0.676 bits per heavy atom. The molecule has 8 nitrogen and oxygen atoms in total. The van der Waals surface area contributed by atoms with Crippen molar-refractivity contribution in [2.24, 2.45) is 0 Å². The van der Waals surface area contributed by atoms with Gasteiger partial charge in [-0.1, -0.05) is 222 Å². The van der Waals surface area contributed by atoms with Gasteiger partial charge >= 0.3 is 45.2 Å². The largest absolute Gasteiger partial charge is 1.00 e. The Hall–Kier alpha value is -2.54. The molecule has 4 aromatic rings. The topological polar surface area (TPSA) is 103 Å². The van der Waals surface area contributed by atoms with Gasteiger partial charge < -0.3 is 23.0 Å². The van der Waals surface area contributed by atoms with E-state index in [1.54, 1.807) is 0 Å². The van der Waals surface area contributed by atoms with Crippen LogP contribution in [0.2, 0.25) is 0 Å². The molecule has 0 spiro atoms. The number of hydrogen-bond donors (Lipinski definition) is 0. The van der Waals surface area contributed by atoms with Crippen molar-refractivity contribution >= 4 is 15.6 Å². The third-order valence-electron chi connectivity index (χ3n) is 13.6. The van der Waals surface area contributed by atoms with E-state index in [0.717, 1.165) is 55.6 Å². The van der Waals surface area contributed by atoms with Gasteiger partial charge in [0.15, 0.2) is 0 Å². The zero-order valence-electron chi connectivity index (χ0n) is 49.1. The van der Waals surface area contributed by atoms with Gasteiger partial charge in [0.1, 0.15) is 23.0 Å². The molecule has 0 saturated carbocycles. The smallest absolute Gasteiger partial charge is 0.736 e. The zero-order chi connectivity index (χ0) is 53.7. The molecule has 0 atom stereocenters. The molecule has 0 amide bonds. The molecule has 0 radical (unpaired) electrons. The quantitative estimate of drug-likeness (QED) is 0.137. The Morgan fingerprint density at radius 3 is 0.915 bits per heavy atom. The Balaban J connectivity index is 0.000000305. The Bertz CT molecular complexity index is 2550. The zero-order valence-corrected chi connectivity index (χ0v) is 52.9. The van der Waals surface area contributed by atoms with E-state index in [2.05, 4.69) is 222 Å². The second-order valence-electron chi connectivity index (χ2n) is 28.2. The van der Waals surface area contributed by atoms with E-state index in [1.807, 2.05) is 0 Å². The van der Waals surface area contributed by atoms with E-state index in [1.165, 1.54) is 18.2 Å². The van der Waals surface area contributed by atoms with E-state index >= 15 is 0 Å². The van der Waals surface area contributed by atoms with Crippen LogP contribution in [0.25, 0.3) is 0 Å². The van der Waals surface area contributed by atoms with Crippen molar-refractivity contribution in [3.8, 4) is 23.0 Å². The van der Waals surface area contributed by atoms with E-state index in [-0.39, 0.29) is 78.8 Å². The average Bonchev–Trinajstić information content (AvgIpc) is 3.14. The van der Waals surface area contributed by atoms with Crippen molar-refractivity contribution in [1.82, 2.24) is 0 Å². The normalized spacial score (nSPS) is 18.5. The van der Waals surface area contributed by atoms with Gasteiger partial charge in [-0.3, -0.25) is 4.52 Å². The Labute approximate surface area is 453 Å². The van der Waals surface area contributed by atoms with Crippen LogP contribution in [-0.2, 0) is 63.4 Å². The predicted octanol–water partition coefficient (Wildman–Crippen LogP) is 14.3. The molecular weight excluding hydrogens is 934 g/mol. The molecule has 388 valence electrons. The first-order valence-corrected chi connectivity index (χ1v) is 28.1. The van der Waals surface area contributed by atoms with Crippen molar-refractivity contribution in [3.05, 3.63) is 115 Å². The number of rotatable bonds is 1. The molecule has 0 unspecified atom stereocenters. The van der Waals surface area contributed by atoms with Crippen molar-refractivity contribution < 1.29 is 66.2 Å². The maximum atomic E-state index is 14.1. The number of phosphoric ester groups is 2. The summed E-state index contributed by atoms with van der Waals surface area (Å²) in [5, 5.41) is 0. The van der Waals surface area contributed by atoms with Crippen LogP contribution in [0.3, 0.4) is 0 Å². The fourth-order valence-electron chi connectivity index (χ4n) is 8.90. The molecule has 0 fully saturated rings. The SMILES string of the molecule is CC(C)(C)c1cc2c(c(C(C)(C)C)c1)OP(=O)([O-])Oc1c(cc(C(C)(C)C)cc1C(C)(C)C)C2.COP1(=O)Oc2c(cc(C(C)(C)C)cc2C(C)(C)C)C(C)c2cc(C(C)(C)C)cc(C(C)(C)C)c2O1.[Na+]. The summed E-state index contributed by atoms with van der Waals surface area (Å²) in [5.41, 5.74) is 10.9. The molecule has 11 heteroatoms.